The third-order valence-corrected chi connectivity index (χ3v) is 2.86. The molecule has 0 heterocycles. The predicted molar refractivity (Wildman–Crippen MR) is 78.6 cm³/mol. The van der Waals surface area contributed by atoms with Crippen LogP contribution in [-0.2, 0) is 23.3 Å². The average Bonchev–Trinajstić information content (AvgIpc) is 2.07. The number of rotatable bonds is 4. The van der Waals surface area contributed by atoms with Gasteiger partial charge in [-0.05, 0) is 41.5 Å². The molecule has 0 aliphatic carbocycles. The number of halogens is 1. The molecule has 0 unspecified atom stereocenters. The Kier molecular flexibility index (Phi) is 6.50. The molecule has 0 aliphatic heterocycles. The molecule has 124 valence electrons. The first kappa shape index (κ1) is 20.0. The number of nitrogens with one attached hydrogen (secondary N) is 1. The van der Waals surface area contributed by atoms with E-state index < -0.39 is 44.1 Å². The predicted octanol–water partition coefficient (Wildman–Crippen LogP) is 1.79. The van der Waals surface area contributed by atoms with Crippen LogP contribution in [-0.4, -0.2) is 43.5 Å². The van der Waals surface area contributed by atoms with Crippen LogP contribution in [0.15, 0.2) is 0 Å². The summed E-state index contributed by atoms with van der Waals surface area (Å²) in [6.07, 6.45) is -0.932. The average molecular weight is 344 g/mol. The van der Waals surface area contributed by atoms with Crippen LogP contribution < -0.4 is 5.32 Å². The molecule has 1 amide bonds. The molecule has 9 heteroatoms. The summed E-state index contributed by atoms with van der Waals surface area (Å²) in [5.74, 6) is -1.69. The van der Waals surface area contributed by atoms with Crippen molar-refractivity contribution in [2.24, 2.45) is 0 Å². The minimum absolute atomic E-state index is 0.789. The zero-order valence-corrected chi connectivity index (χ0v) is 14.6. The van der Waals surface area contributed by atoms with Gasteiger partial charge in [0, 0.05) is 10.7 Å². The highest BCUT2D eigenvalue weighted by Gasteiger charge is 2.31. The number of amides is 1. The second-order valence-corrected chi connectivity index (χ2v) is 9.26. The van der Waals surface area contributed by atoms with Crippen LogP contribution >= 0.6 is 10.7 Å². The topological polar surface area (TPSA) is 98.8 Å². The number of carbonyl (C=O) groups is 2. The van der Waals surface area contributed by atoms with Crippen molar-refractivity contribution < 1.29 is 27.5 Å². The second kappa shape index (κ2) is 6.83. The molecular weight excluding hydrogens is 322 g/mol. The lowest BCUT2D eigenvalue weighted by atomic mass is 10.2. The van der Waals surface area contributed by atoms with Crippen molar-refractivity contribution in [1.82, 2.24) is 5.32 Å². The smallest absolute Gasteiger partial charge is 0.408 e. The maximum Gasteiger partial charge on any atom is 0.408 e. The van der Waals surface area contributed by atoms with Crippen LogP contribution in [0.3, 0.4) is 0 Å². The van der Waals surface area contributed by atoms with E-state index in [1.54, 1.807) is 41.5 Å². The molecule has 1 N–H and O–H groups in total. The van der Waals surface area contributed by atoms with Gasteiger partial charge in [0.05, 0.1) is 5.75 Å². The van der Waals surface area contributed by atoms with Crippen LogP contribution in [0.25, 0.3) is 0 Å². The third kappa shape index (κ3) is 11.3. The molecule has 0 fully saturated rings. The van der Waals surface area contributed by atoms with Crippen molar-refractivity contribution in [3.05, 3.63) is 0 Å². The largest absolute Gasteiger partial charge is 0.458 e. The van der Waals surface area contributed by atoms with Crippen LogP contribution in [0.4, 0.5) is 4.79 Å². The summed E-state index contributed by atoms with van der Waals surface area (Å²) in [6.45, 7) is 9.74. The van der Waals surface area contributed by atoms with Crippen LogP contribution in [0, 0.1) is 0 Å². The molecular formula is C12H22ClNO6S. The first-order chi connectivity index (χ1) is 9.09. The van der Waals surface area contributed by atoms with Gasteiger partial charge >= 0.3 is 12.1 Å². The van der Waals surface area contributed by atoms with Gasteiger partial charge in [0.15, 0.2) is 0 Å². The van der Waals surface area contributed by atoms with E-state index in [0.29, 0.717) is 0 Å². The van der Waals surface area contributed by atoms with Crippen LogP contribution in [0.1, 0.15) is 41.5 Å². The Morgan fingerprint density at radius 3 is 1.81 bits per heavy atom. The van der Waals surface area contributed by atoms with Gasteiger partial charge in [-0.2, -0.15) is 0 Å². The molecule has 0 bridgehead atoms. The van der Waals surface area contributed by atoms with E-state index in [2.05, 4.69) is 5.32 Å². The van der Waals surface area contributed by atoms with Crippen molar-refractivity contribution in [2.75, 3.05) is 5.75 Å². The summed E-state index contributed by atoms with van der Waals surface area (Å²) in [4.78, 5) is 23.6. The molecule has 1 atom stereocenters. The Balaban J connectivity index is 4.99. The SMILES string of the molecule is CC(C)(C)OC(=O)N[C@@H](CS(=O)(=O)Cl)C(=O)OC(C)(C)C. The molecule has 7 nitrogen and oxygen atoms in total. The minimum atomic E-state index is -4.01. The summed E-state index contributed by atoms with van der Waals surface area (Å²) >= 11 is 0. The number of alkyl carbamates (subject to hydrolysis) is 1. The second-order valence-electron chi connectivity index (χ2n) is 6.44. The van der Waals surface area contributed by atoms with Gasteiger partial charge in [0.1, 0.15) is 17.2 Å². The van der Waals surface area contributed by atoms with E-state index in [1.807, 2.05) is 0 Å². The van der Waals surface area contributed by atoms with E-state index in [1.165, 1.54) is 0 Å². The molecule has 0 aliphatic rings. The fourth-order valence-electron chi connectivity index (χ4n) is 1.19. The minimum Gasteiger partial charge on any atom is -0.458 e. The normalized spacial score (nSPS) is 14.2. The van der Waals surface area contributed by atoms with Gasteiger partial charge in [0.25, 0.3) is 0 Å². The molecule has 0 aromatic rings. The molecule has 0 spiro atoms. The van der Waals surface area contributed by atoms with Crippen LogP contribution in [0.2, 0.25) is 0 Å². The Hall–Kier alpha value is -1.02. The van der Waals surface area contributed by atoms with Crippen molar-refractivity contribution in [1.29, 1.82) is 0 Å². The Labute approximate surface area is 129 Å². The van der Waals surface area contributed by atoms with Crippen molar-refractivity contribution in [3.63, 3.8) is 0 Å². The van der Waals surface area contributed by atoms with Gasteiger partial charge in [-0.25, -0.2) is 18.0 Å². The summed E-state index contributed by atoms with van der Waals surface area (Å²) in [6, 6.07) is -1.44. The zero-order valence-electron chi connectivity index (χ0n) is 13.0. The summed E-state index contributed by atoms with van der Waals surface area (Å²) < 4.78 is 32.3. The first-order valence-corrected chi connectivity index (χ1v) is 8.72. The maximum atomic E-state index is 11.9. The first-order valence-electron chi connectivity index (χ1n) is 6.24. The third-order valence-electron chi connectivity index (χ3n) is 1.75. The molecule has 0 aromatic heterocycles. The lowest BCUT2D eigenvalue weighted by Crippen LogP contribution is -2.48. The molecule has 0 saturated heterocycles. The Morgan fingerprint density at radius 1 is 1.05 bits per heavy atom. The molecule has 0 aromatic carbocycles. The number of hydrogen-bond acceptors (Lipinski definition) is 6. The van der Waals surface area contributed by atoms with E-state index in [4.69, 9.17) is 20.2 Å². The Bertz CT molecular complexity index is 489. The molecule has 0 radical (unpaired) electrons. The molecule has 0 rings (SSSR count). The van der Waals surface area contributed by atoms with Gasteiger partial charge in [0.2, 0.25) is 9.05 Å². The van der Waals surface area contributed by atoms with Crippen molar-refractivity contribution in [3.8, 4) is 0 Å². The zero-order chi connectivity index (χ0) is 17.1. The monoisotopic (exact) mass is 343 g/mol. The van der Waals surface area contributed by atoms with Crippen molar-refractivity contribution in [2.45, 2.75) is 58.8 Å². The summed E-state index contributed by atoms with van der Waals surface area (Å²) in [5, 5.41) is 2.15. The highest BCUT2D eigenvalue weighted by Crippen LogP contribution is 2.12. The lowest BCUT2D eigenvalue weighted by Gasteiger charge is -2.25. The van der Waals surface area contributed by atoms with E-state index in [-0.39, 0.29) is 0 Å². The van der Waals surface area contributed by atoms with E-state index in [0.717, 1.165) is 0 Å². The van der Waals surface area contributed by atoms with E-state index in [9.17, 15) is 18.0 Å². The quantitative estimate of drug-likeness (QED) is 0.617. The number of carbonyl (C=O) groups excluding carboxylic acids is 2. The standard InChI is InChI=1S/C12H22ClNO6S/c1-11(2,3)19-9(15)8(7-21(13,17)18)14-10(16)20-12(4,5)6/h8H,7H2,1-6H3,(H,14,16)/t8-/m0/s1. The highest BCUT2D eigenvalue weighted by molar-refractivity contribution is 8.13. The summed E-state index contributed by atoms with van der Waals surface area (Å²) in [5.41, 5.74) is -1.62. The van der Waals surface area contributed by atoms with E-state index >= 15 is 0 Å². The molecule has 0 saturated carbocycles. The van der Waals surface area contributed by atoms with Gasteiger partial charge < -0.3 is 14.8 Å². The lowest BCUT2D eigenvalue weighted by molar-refractivity contribution is -0.156. The van der Waals surface area contributed by atoms with Gasteiger partial charge in [-0.1, -0.05) is 0 Å². The van der Waals surface area contributed by atoms with Gasteiger partial charge in [-0.3, -0.25) is 0 Å². The maximum absolute atomic E-state index is 11.9. The van der Waals surface area contributed by atoms with Crippen molar-refractivity contribution >= 4 is 31.8 Å². The number of esters is 1. The highest BCUT2D eigenvalue weighted by atomic mass is 35.7. The van der Waals surface area contributed by atoms with Gasteiger partial charge in [-0.15, -0.1) is 0 Å². The fraction of sp³-hybridized carbons (Fsp3) is 0.833. The number of ether oxygens (including phenoxy) is 2. The summed E-state index contributed by atoms with van der Waals surface area (Å²) in [7, 11) is 1.12. The number of hydrogen-bond donors (Lipinski definition) is 1. The fourth-order valence-corrected chi connectivity index (χ4v) is 2.19. The Morgan fingerprint density at radius 2 is 1.48 bits per heavy atom. The molecule has 21 heavy (non-hydrogen) atoms. The van der Waals surface area contributed by atoms with Crippen LogP contribution in [0.5, 0.6) is 0 Å².